The highest BCUT2D eigenvalue weighted by Crippen LogP contribution is 2.39. The third-order valence-corrected chi connectivity index (χ3v) is 12.3. The topological polar surface area (TPSA) is 189 Å². The number of hydrogen-bond donors (Lipinski definition) is 4. The van der Waals surface area contributed by atoms with Crippen LogP contribution in [-0.2, 0) is 38.1 Å². The van der Waals surface area contributed by atoms with Crippen molar-refractivity contribution in [3.63, 3.8) is 0 Å². The average molecular weight is 764 g/mol. The normalized spacial score (nSPS) is 42.7. The number of cyclic esters (lactones) is 1. The maximum Gasteiger partial charge on any atom is 0.329 e. The fraction of sp³-hybridized carbons (Fsp3) is 0.805. The van der Waals surface area contributed by atoms with Gasteiger partial charge in [-0.05, 0) is 89.0 Å². The molecule has 3 aliphatic heterocycles. The Bertz CT molecular complexity index is 1400. The number of piperidine rings is 1. The lowest BCUT2D eigenvalue weighted by molar-refractivity contribution is -0.302. The molecule has 4 N–H and O–H groups in total. The highest BCUT2D eigenvalue weighted by atomic mass is 16.7. The Balaban J connectivity index is 1.75. The molecule has 13 nitrogen and oxygen atoms in total. The number of allylic oxidation sites excluding steroid dienone is 3. The van der Waals surface area contributed by atoms with Crippen molar-refractivity contribution >= 4 is 23.4 Å². The minimum atomic E-state index is -2.51. The van der Waals surface area contributed by atoms with E-state index in [1.807, 2.05) is 26.0 Å². The molecule has 2 bridgehead atoms. The van der Waals surface area contributed by atoms with Crippen LogP contribution in [0, 0.1) is 29.6 Å². The summed E-state index contributed by atoms with van der Waals surface area (Å²) in [6.45, 7) is 10.9. The number of Topliss-reactive ketones (excluding diaryl/α,β-unsaturated/α-hetero) is 2. The van der Waals surface area contributed by atoms with E-state index in [2.05, 4.69) is 0 Å². The first-order valence-electron chi connectivity index (χ1n) is 19.9. The van der Waals surface area contributed by atoms with E-state index < -0.39 is 90.0 Å². The Labute approximate surface area is 320 Å². The quantitative estimate of drug-likeness (QED) is 0.186. The summed E-state index contributed by atoms with van der Waals surface area (Å²) in [6.07, 6.45) is 1.55. The van der Waals surface area contributed by atoms with E-state index in [0.717, 1.165) is 10.5 Å². The molecule has 3 fully saturated rings. The van der Waals surface area contributed by atoms with E-state index in [1.54, 1.807) is 27.7 Å². The molecule has 0 aromatic carbocycles. The molecule has 3 heterocycles. The fourth-order valence-corrected chi connectivity index (χ4v) is 8.93. The molecule has 1 amide bonds. The third-order valence-electron chi connectivity index (χ3n) is 12.3. The molecule has 1 unspecified atom stereocenters. The second kappa shape index (κ2) is 19.1. The SMILES string of the molecule is CO[C@H]1C[C@@H](C)C/C(C)=C/[C@@H](C)C(=O)C[C@H](O)[C@@H](C)[C@@H](/C(C)=C/[C@@H]2CC[C@@H](O)[C@H](O)C2)OC(=O)[C@@H]2CCCCN2C(=O)C(=O)[C@]2(O)OC1[C@@H](OC)C[C@H]2C. The number of carbonyl (C=O) groups excluding carboxylic acids is 4. The minimum Gasteiger partial charge on any atom is -0.456 e. The summed E-state index contributed by atoms with van der Waals surface area (Å²) in [5, 5.41) is 43.9. The average Bonchev–Trinajstić information content (AvgIpc) is 3.13. The number of nitrogens with zero attached hydrogens (tertiary/aromatic N) is 1. The van der Waals surface area contributed by atoms with Crippen molar-refractivity contribution in [1.82, 2.24) is 4.90 Å². The molecular weight excluding hydrogens is 698 g/mol. The van der Waals surface area contributed by atoms with Crippen molar-refractivity contribution < 1.29 is 58.6 Å². The second-order valence-corrected chi connectivity index (χ2v) is 16.7. The number of methoxy groups -OCH3 is 2. The van der Waals surface area contributed by atoms with Crippen LogP contribution in [0.5, 0.6) is 0 Å². The third kappa shape index (κ3) is 10.3. The molecule has 4 aliphatic rings. The number of rotatable bonds is 4. The van der Waals surface area contributed by atoms with Crippen LogP contribution in [0.25, 0.3) is 0 Å². The monoisotopic (exact) mass is 763 g/mol. The number of aliphatic hydroxyl groups is 4. The van der Waals surface area contributed by atoms with Crippen LogP contribution in [0.3, 0.4) is 0 Å². The number of esters is 1. The molecule has 0 aromatic heterocycles. The van der Waals surface area contributed by atoms with E-state index >= 15 is 0 Å². The van der Waals surface area contributed by atoms with Gasteiger partial charge in [0.15, 0.2) is 0 Å². The zero-order valence-electron chi connectivity index (χ0n) is 33.4. The van der Waals surface area contributed by atoms with Crippen molar-refractivity contribution in [3.8, 4) is 0 Å². The standard InChI is InChI=1S/C41H65NO12/c1-22-15-23(2)17-34(51-7)37-35(52-8)19-26(5)41(50,54-37)38(47)39(48)42-14-10-9-11-29(42)40(49)53-36(27(6)32(45)21-31(44)24(3)16-22)25(4)18-28-12-13-30(43)33(46)20-28/h16,18,23-24,26-30,32-37,43,45-46,50H,9-15,17,19-21H2,1-8H3/b22-16+,25-18+/t23-,24+,26+,27+,28-,29-,30+,32-,33+,34-,35-,36+,37?,41+/m0/s1. The van der Waals surface area contributed by atoms with E-state index in [9.17, 15) is 39.6 Å². The molecular formula is C41H65NO12. The van der Waals surface area contributed by atoms with Crippen molar-refractivity contribution in [2.24, 2.45) is 29.6 Å². The summed E-state index contributed by atoms with van der Waals surface area (Å²) < 4.78 is 24.0. The first-order valence-corrected chi connectivity index (χ1v) is 19.9. The fourth-order valence-electron chi connectivity index (χ4n) is 8.93. The van der Waals surface area contributed by atoms with E-state index in [-0.39, 0.29) is 43.4 Å². The number of hydrogen-bond acceptors (Lipinski definition) is 12. The molecule has 1 saturated carbocycles. The largest absolute Gasteiger partial charge is 0.456 e. The number of amides is 1. The summed E-state index contributed by atoms with van der Waals surface area (Å²) >= 11 is 0. The molecule has 2 saturated heterocycles. The van der Waals surface area contributed by atoms with Gasteiger partial charge in [-0.25, -0.2) is 4.79 Å². The van der Waals surface area contributed by atoms with Crippen LogP contribution in [0.1, 0.15) is 106 Å². The molecule has 14 atom stereocenters. The summed E-state index contributed by atoms with van der Waals surface area (Å²) in [5.74, 6) is -7.86. The summed E-state index contributed by atoms with van der Waals surface area (Å²) in [5.41, 5.74) is 1.56. The first kappa shape index (κ1) is 44.2. The van der Waals surface area contributed by atoms with Crippen molar-refractivity contribution in [1.29, 1.82) is 0 Å². The van der Waals surface area contributed by atoms with Gasteiger partial charge < -0.3 is 44.3 Å². The predicted octanol–water partition coefficient (Wildman–Crippen LogP) is 3.43. The molecule has 0 aromatic rings. The Morgan fingerprint density at radius 1 is 0.889 bits per heavy atom. The number of carbonyl (C=O) groups is 4. The van der Waals surface area contributed by atoms with E-state index in [1.165, 1.54) is 14.2 Å². The van der Waals surface area contributed by atoms with Crippen molar-refractivity contribution in [2.45, 2.75) is 160 Å². The van der Waals surface area contributed by atoms with Crippen LogP contribution >= 0.6 is 0 Å². The van der Waals surface area contributed by atoms with E-state index in [0.29, 0.717) is 50.5 Å². The Hall–Kier alpha value is -2.52. The van der Waals surface area contributed by atoms with Gasteiger partial charge in [0.05, 0.1) is 30.5 Å². The van der Waals surface area contributed by atoms with Crippen molar-refractivity contribution in [3.05, 3.63) is 23.3 Å². The molecule has 13 heteroatoms. The Morgan fingerprint density at radius 2 is 1.56 bits per heavy atom. The van der Waals surface area contributed by atoms with Crippen LogP contribution in [0.2, 0.25) is 0 Å². The number of aliphatic hydroxyl groups excluding tert-OH is 3. The van der Waals surface area contributed by atoms with Crippen LogP contribution in [0.4, 0.5) is 0 Å². The van der Waals surface area contributed by atoms with Crippen molar-refractivity contribution in [2.75, 3.05) is 20.8 Å². The van der Waals surface area contributed by atoms with Gasteiger partial charge in [0.2, 0.25) is 5.79 Å². The molecule has 4 rings (SSSR count). The van der Waals surface area contributed by atoms with Gasteiger partial charge in [-0.1, -0.05) is 45.4 Å². The smallest absolute Gasteiger partial charge is 0.329 e. The highest BCUT2D eigenvalue weighted by molar-refractivity contribution is 6.39. The summed E-state index contributed by atoms with van der Waals surface area (Å²) in [4.78, 5) is 57.1. The molecule has 306 valence electrons. The summed E-state index contributed by atoms with van der Waals surface area (Å²) in [6, 6.07) is -1.15. The zero-order chi connectivity index (χ0) is 40.1. The number of ether oxygens (including phenoxy) is 4. The Kier molecular flexibility index (Phi) is 15.6. The lowest BCUT2D eigenvalue weighted by Gasteiger charge is -2.47. The van der Waals surface area contributed by atoms with Gasteiger partial charge in [-0.2, -0.15) is 0 Å². The van der Waals surface area contributed by atoms with Gasteiger partial charge in [-0.15, -0.1) is 0 Å². The zero-order valence-corrected chi connectivity index (χ0v) is 33.4. The van der Waals surface area contributed by atoms with E-state index in [4.69, 9.17) is 18.9 Å². The van der Waals surface area contributed by atoms with Gasteiger partial charge in [0, 0.05) is 44.9 Å². The van der Waals surface area contributed by atoms with Crippen LogP contribution < -0.4 is 0 Å². The predicted molar refractivity (Wildman–Crippen MR) is 199 cm³/mol. The lowest BCUT2D eigenvalue weighted by atomic mass is 9.82. The second-order valence-electron chi connectivity index (χ2n) is 16.7. The molecule has 0 spiro atoms. The Morgan fingerprint density at radius 3 is 2.20 bits per heavy atom. The number of ketones is 2. The molecule has 1 aliphatic carbocycles. The minimum absolute atomic E-state index is 0.0282. The molecule has 0 radical (unpaired) electrons. The van der Waals surface area contributed by atoms with Crippen LogP contribution in [-0.4, -0.2) is 124 Å². The van der Waals surface area contributed by atoms with Gasteiger partial charge in [0.1, 0.15) is 24.0 Å². The summed E-state index contributed by atoms with van der Waals surface area (Å²) in [7, 11) is 3.04. The van der Waals surface area contributed by atoms with Gasteiger partial charge in [0.25, 0.3) is 11.7 Å². The van der Waals surface area contributed by atoms with Crippen LogP contribution in [0.15, 0.2) is 23.3 Å². The first-order chi connectivity index (χ1) is 25.4. The highest BCUT2D eigenvalue weighted by Gasteiger charge is 2.56. The molecule has 54 heavy (non-hydrogen) atoms. The van der Waals surface area contributed by atoms with Gasteiger partial charge in [-0.3, -0.25) is 14.4 Å². The maximum atomic E-state index is 14.2. The maximum absolute atomic E-state index is 14.2. The van der Waals surface area contributed by atoms with Gasteiger partial charge >= 0.3 is 5.97 Å². The number of fused-ring (bicyclic) bond motifs is 3. The lowest BCUT2D eigenvalue weighted by Crippen LogP contribution is -2.64.